The van der Waals surface area contributed by atoms with Crippen LogP contribution < -0.4 is 10.1 Å². The zero-order valence-corrected chi connectivity index (χ0v) is 11.6. The van der Waals surface area contributed by atoms with Crippen molar-refractivity contribution in [2.24, 2.45) is 7.05 Å². The zero-order valence-electron chi connectivity index (χ0n) is 11.6. The van der Waals surface area contributed by atoms with Gasteiger partial charge in [0.1, 0.15) is 5.82 Å². The summed E-state index contributed by atoms with van der Waals surface area (Å²) in [5.74, 6) is 0.806. The smallest absolute Gasteiger partial charge is 0.165 e. The minimum Gasteiger partial charge on any atom is -0.494 e. The van der Waals surface area contributed by atoms with Crippen LogP contribution in [0.5, 0.6) is 5.75 Å². The van der Waals surface area contributed by atoms with Crippen molar-refractivity contribution in [3.05, 3.63) is 35.5 Å². The Labute approximate surface area is 112 Å². The van der Waals surface area contributed by atoms with Crippen molar-refractivity contribution >= 4 is 0 Å². The van der Waals surface area contributed by atoms with Gasteiger partial charge in [-0.05, 0) is 32.2 Å². The van der Waals surface area contributed by atoms with Crippen LogP contribution in [0.2, 0.25) is 0 Å². The second-order valence-electron chi connectivity index (χ2n) is 4.40. The number of methoxy groups -OCH3 is 1. The second-order valence-corrected chi connectivity index (χ2v) is 4.40. The summed E-state index contributed by atoms with van der Waals surface area (Å²) in [6.45, 7) is 2.60. The molecule has 0 spiro atoms. The molecule has 1 N–H and O–H groups in total. The number of halogens is 1. The van der Waals surface area contributed by atoms with Gasteiger partial charge >= 0.3 is 0 Å². The van der Waals surface area contributed by atoms with Crippen molar-refractivity contribution in [1.29, 1.82) is 0 Å². The Morgan fingerprint density at radius 1 is 1.42 bits per heavy atom. The number of hydrogen-bond acceptors (Lipinski definition) is 3. The van der Waals surface area contributed by atoms with E-state index in [-0.39, 0.29) is 11.6 Å². The Bertz CT molecular complexity index is 593. The molecule has 1 aromatic heterocycles. The first kappa shape index (κ1) is 13.5. The van der Waals surface area contributed by atoms with Crippen LogP contribution in [0.15, 0.2) is 18.2 Å². The maximum absolute atomic E-state index is 13.8. The highest BCUT2D eigenvalue weighted by molar-refractivity contribution is 5.64. The van der Waals surface area contributed by atoms with Gasteiger partial charge in [-0.15, -0.1) is 0 Å². The minimum atomic E-state index is -0.365. The molecule has 0 aliphatic carbocycles. The first-order valence-corrected chi connectivity index (χ1v) is 6.09. The summed E-state index contributed by atoms with van der Waals surface area (Å²) in [5, 5.41) is 3.07. The molecule has 1 aromatic carbocycles. The van der Waals surface area contributed by atoms with Gasteiger partial charge in [0, 0.05) is 12.6 Å². The number of rotatable bonds is 4. The Morgan fingerprint density at radius 3 is 2.74 bits per heavy atom. The van der Waals surface area contributed by atoms with Crippen molar-refractivity contribution in [2.75, 3.05) is 14.2 Å². The van der Waals surface area contributed by atoms with Crippen LogP contribution in [0.4, 0.5) is 4.39 Å². The van der Waals surface area contributed by atoms with E-state index in [1.807, 2.05) is 31.7 Å². The van der Waals surface area contributed by atoms with Gasteiger partial charge in [-0.25, -0.2) is 9.37 Å². The lowest BCUT2D eigenvalue weighted by molar-refractivity contribution is 0.386. The van der Waals surface area contributed by atoms with Gasteiger partial charge in [0.25, 0.3) is 0 Å². The van der Waals surface area contributed by atoms with E-state index in [9.17, 15) is 4.39 Å². The molecular weight excluding hydrogens is 245 g/mol. The standard InChI is InChI=1S/C14H18FN3O/c1-9-14(18(3)13(17-9)8-16-2)10-5-6-12(19-4)11(15)7-10/h5-7,16H,8H2,1-4H3. The predicted molar refractivity (Wildman–Crippen MR) is 72.7 cm³/mol. The molecule has 0 saturated heterocycles. The average Bonchev–Trinajstić information content (AvgIpc) is 2.65. The normalized spacial score (nSPS) is 10.8. The van der Waals surface area contributed by atoms with Gasteiger partial charge < -0.3 is 14.6 Å². The monoisotopic (exact) mass is 263 g/mol. The summed E-state index contributed by atoms with van der Waals surface area (Å²) in [6.07, 6.45) is 0. The van der Waals surface area contributed by atoms with E-state index >= 15 is 0 Å². The van der Waals surface area contributed by atoms with Crippen molar-refractivity contribution < 1.29 is 9.13 Å². The van der Waals surface area contributed by atoms with Crippen LogP contribution in [0.3, 0.4) is 0 Å². The Balaban J connectivity index is 2.49. The molecule has 0 atom stereocenters. The Kier molecular flexibility index (Phi) is 3.85. The molecule has 0 aliphatic heterocycles. The maximum atomic E-state index is 13.8. The fraction of sp³-hybridized carbons (Fsp3) is 0.357. The first-order chi connectivity index (χ1) is 9.08. The Hall–Kier alpha value is -1.88. The number of nitrogens with one attached hydrogen (secondary N) is 1. The molecule has 0 bridgehead atoms. The van der Waals surface area contributed by atoms with Crippen LogP contribution in [-0.2, 0) is 13.6 Å². The third-order valence-corrected chi connectivity index (χ3v) is 3.12. The van der Waals surface area contributed by atoms with Crippen LogP contribution in [0.25, 0.3) is 11.3 Å². The molecule has 1 heterocycles. The number of benzene rings is 1. The number of ether oxygens (including phenoxy) is 1. The lowest BCUT2D eigenvalue weighted by Gasteiger charge is -2.08. The van der Waals surface area contributed by atoms with Crippen molar-refractivity contribution in [1.82, 2.24) is 14.9 Å². The van der Waals surface area contributed by atoms with Crippen molar-refractivity contribution in [2.45, 2.75) is 13.5 Å². The third-order valence-electron chi connectivity index (χ3n) is 3.12. The Morgan fingerprint density at radius 2 is 2.16 bits per heavy atom. The molecule has 0 amide bonds. The van der Waals surface area contributed by atoms with E-state index in [2.05, 4.69) is 10.3 Å². The third kappa shape index (κ3) is 2.46. The molecule has 0 aliphatic rings. The molecule has 0 unspecified atom stereocenters. The van der Waals surface area contributed by atoms with Gasteiger partial charge in [-0.2, -0.15) is 0 Å². The number of imidazole rings is 1. The van der Waals surface area contributed by atoms with Crippen LogP contribution in [-0.4, -0.2) is 23.7 Å². The van der Waals surface area contributed by atoms with E-state index in [0.717, 1.165) is 22.8 Å². The molecule has 102 valence electrons. The summed E-state index contributed by atoms with van der Waals surface area (Å²) in [7, 11) is 5.26. The predicted octanol–water partition coefficient (Wildman–Crippen LogP) is 2.26. The molecule has 5 heteroatoms. The lowest BCUT2D eigenvalue weighted by Crippen LogP contribution is -2.10. The summed E-state index contributed by atoms with van der Waals surface area (Å²) in [5.41, 5.74) is 2.61. The number of aryl methyl sites for hydroxylation is 1. The molecular formula is C14H18FN3O. The summed E-state index contributed by atoms with van der Waals surface area (Å²) in [6, 6.07) is 4.95. The van der Waals surface area contributed by atoms with Gasteiger partial charge in [0.05, 0.1) is 25.0 Å². The van der Waals surface area contributed by atoms with Crippen LogP contribution in [0.1, 0.15) is 11.5 Å². The number of aromatic nitrogens is 2. The molecule has 0 radical (unpaired) electrons. The van der Waals surface area contributed by atoms with E-state index in [1.165, 1.54) is 13.2 Å². The topological polar surface area (TPSA) is 39.1 Å². The maximum Gasteiger partial charge on any atom is 0.165 e. The molecule has 2 rings (SSSR count). The van der Waals surface area contributed by atoms with Crippen molar-refractivity contribution in [3.8, 4) is 17.0 Å². The fourth-order valence-electron chi connectivity index (χ4n) is 2.23. The lowest BCUT2D eigenvalue weighted by atomic mass is 10.1. The summed E-state index contributed by atoms with van der Waals surface area (Å²) < 4.78 is 20.7. The SMILES string of the molecule is CNCc1nc(C)c(-c2ccc(OC)c(F)c2)n1C. The molecule has 0 fully saturated rings. The second kappa shape index (κ2) is 5.40. The quantitative estimate of drug-likeness (QED) is 0.919. The zero-order chi connectivity index (χ0) is 14.0. The highest BCUT2D eigenvalue weighted by Gasteiger charge is 2.14. The van der Waals surface area contributed by atoms with Gasteiger partial charge in [0.15, 0.2) is 11.6 Å². The highest BCUT2D eigenvalue weighted by atomic mass is 19.1. The van der Waals surface area contributed by atoms with E-state index in [1.54, 1.807) is 6.07 Å². The van der Waals surface area contributed by atoms with Crippen LogP contribution >= 0.6 is 0 Å². The summed E-state index contributed by atoms with van der Waals surface area (Å²) in [4.78, 5) is 4.50. The summed E-state index contributed by atoms with van der Waals surface area (Å²) >= 11 is 0. The molecule has 4 nitrogen and oxygen atoms in total. The molecule has 2 aromatic rings. The highest BCUT2D eigenvalue weighted by Crippen LogP contribution is 2.28. The first-order valence-electron chi connectivity index (χ1n) is 6.09. The molecule has 19 heavy (non-hydrogen) atoms. The van der Waals surface area contributed by atoms with Crippen LogP contribution in [0, 0.1) is 12.7 Å². The number of nitrogens with zero attached hydrogens (tertiary/aromatic N) is 2. The van der Waals surface area contributed by atoms with Gasteiger partial charge in [0.2, 0.25) is 0 Å². The largest absolute Gasteiger partial charge is 0.494 e. The van der Waals surface area contributed by atoms with Gasteiger partial charge in [-0.3, -0.25) is 0 Å². The number of hydrogen-bond donors (Lipinski definition) is 1. The van der Waals surface area contributed by atoms with Crippen molar-refractivity contribution in [3.63, 3.8) is 0 Å². The fourth-order valence-corrected chi connectivity index (χ4v) is 2.23. The minimum absolute atomic E-state index is 0.249. The van der Waals surface area contributed by atoms with E-state index in [0.29, 0.717) is 6.54 Å². The average molecular weight is 263 g/mol. The van der Waals surface area contributed by atoms with E-state index in [4.69, 9.17) is 4.74 Å². The molecule has 0 saturated carbocycles. The van der Waals surface area contributed by atoms with E-state index < -0.39 is 0 Å². The van der Waals surface area contributed by atoms with Gasteiger partial charge in [-0.1, -0.05) is 0 Å².